The summed E-state index contributed by atoms with van der Waals surface area (Å²) in [6.45, 7) is 27.1. The molecular weight excluding hydrogens is 1280 g/mol. The van der Waals surface area contributed by atoms with Crippen LogP contribution in [0.25, 0.3) is 21.8 Å². The normalized spacial score (nSPS) is 24.7. The van der Waals surface area contributed by atoms with Crippen LogP contribution in [0.2, 0.25) is 0 Å². The minimum Gasteiger partial charge on any atom is -0.492 e. The first-order valence-electron chi connectivity index (χ1n) is 32.0. The number of nitrogens with zero attached hydrogens (tertiary/aromatic N) is 4. The molecule has 532 valence electrons. The van der Waals surface area contributed by atoms with Crippen molar-refractivity contribution in [3.8, 4) is 11.5 Å². The number of carbonyl (C=O) groups excluding carboxylic acids is 4. The van der Waals surface area contributed by atoms with E-state index in [0.29, 0.717) is 38.2 Å². The molecule has 5 heterocycles. The maximum Gasteiger partial charge on any atom is 0.798 e. The third-order valence-electron chi connectivity index (χ3n) is 17.9. The fourth-order valence-corrected chi connectivity index (χ4v) is 12.7. The van der Waals surface area contributed by atoms with E-state index in [1.54, 1.807) is 9.80 Å². The molecular formula is C67H88BF7N8O14. The SMILES string of the molecule is CCC1CN(c2c(F)cc3c(=O)c(C(=O)O)cn([C@@H]4C[C@@H]4F)c3c2OC)CC1(C)N.CC[C@@H]1CN(C(=O)OCc2ccccc2)C[C@@]1(C)NC(=O)OC(C)(C)C.CC[C@@H]1CNC[C@@]1(C)NC(=O)OC(C)(C)C.COc1c(F)c(F)cc2c(=O)c(C(=O)OB(F)F)cn([C@@H]3C[C@@H]3F)c12. The highest BCUT2D eigenvalue weighted by Crippen LogP contribution is 2.47. The molecule has 0 radical (unpaired) electrons. The molecule has 3 saturated heterocycles. The van der Waals surface area contributed by atoms with Crippen LogP contribution in [-0.4, -0.2) is 150 Å². The van der Waals surface area contributed by atoms with E-state index in [4.69, 9.17) is 29.4 Å². The fourth-order valence-electron chi connectivity index (χ4n) is 12.7. The lowest BCUT2D eigenvalue weighted by Gasteiger charge is -2.32. The van der Waals surface area contributed by atoms with Crippen molar-refractivity contribution >= 4 is 65.2 Å². The van der Waals surface area contributed by atoms with Crippen molar-refractivity contribution < 1.29 is 88.0 Å². The van der Waals surface area contributed by atoms with Crippen molar-refractivity contribution in [2.45, 2.75) is 174 Å². The molecule has 5 fully saturated rings. The molecule has 5 aliphatic rings. The van der Waals surface area contributed by atoms with Crippen LogP contribution in [0.5, 0.6) is 11.5 Å². The Morgan fingerprint density at radius 1 is 0.711 bits per heavy atom. The summed E-state index contributed by atoms with van der Waals surface area (Å²) >= 11 is 0. The third kappa shape index (κ3) is 17.9. The van der Waals surface area contributed by atoms with E-state index in [9.17, 15) is 64.9 Å². The number of hydrogen-bond acceptors (Lipinski definition) is 16. The number of methoxy groups -OCH3 is 2. The van der Waals surface area contributed by atoms with E-state index in [1.165, 1.54) is 11.7 Å². The number of carboxylic acids is 1. The van der Waals surface area contributed by atoms with Crippen molar-refractivity contribution in [3.63, 3.8) is 0 Å². The van der Waals surface area contributed by atoms with Gasteiger partial charge in [-0.2, -0.15) is 4.39 Å². The summed E-state index contributed by atoms with van der Waals surface area (Å²) in [5, 5.41) is 18.0. The Labute approximate surface area is 558 Å². The number of anilines is 1. The second-order valence-corrected chi connectivity index (χ2v) is 27.7. The molecule has 22 nitrogen and oxygen atoms in total. The summed E-state index contributed by atoms with van der Waals surface area (Å²) in [4.78, 5) is 88.2. The molecule has 0 bridgehead atoms. The van der Waals surface area contributed by atoms with E-state index >= 15 is 4.39 Å². The Morgan fingerprint density at radius 3 is 1.68 bits per heavy atom. The standard InChI is InChI=1S/C21H25F2N3O4.C20H30N2O4.C14H9BF5NO4.C12H24N2O2/c1-4-10-7-25(9-21(10,2)24)17-14(23)5-11-16(19(17)30-3)26(15-6-13(15)22)8-12(18(11)27)20(28)29;1-6-16-12-22(18(24)25-13-15-10-8-7-9-11-15)14-20(16,5)21-17(23)26-19(2,3)4;1-24-13-10(18)8(17)2-5-11(13)21(9-3-7(9)16)4-6(12(5)22)14(23)25-15(19)20;1-6-9-7-13-8-12(9,5)14-10(15)16-11(2,3)4/h5,8,10,13,15H,4,6-7,9,24H2,1-3H3,(H,28,29);7-11,16H,6,12-14H2,1-5H3,(H,21,23);2,4,7,9H,3H2,1H3;9,13H,6-8H2,1-5H3,(H,14,15)/t10?,13-,15+,21?;16-,20-;7-,9+;9-,12-/m0101/s1. The number of carbonyl (C=O) groups is 5. The van der Waals surface area contributed by atoms with Crippen LogP contribution in [0.1, 0.15) is 154 Å². The van der Waals surface area contributed by atoms with E-state index in [0.717, 1.165) is 68.1 Å². The first-order valence-corrected chi connectivity index (χ1v) is 32.0. The number of benzene rings is 3. The molecule has 10 rings (SSSR count). The molecule has 5 aromatic rings. The highest BCUT2D eigenvalue weighted by molar-refractivity contribution is 6.38. The van der Waals surface area contributed by atoms with Gasteiger partial charge in [-0.15, -0.1) is 0 Å². The van der Waals surface area contributed by atoms with Gasteiger partial charge in [0.1, 0.15) is 47.0 Å². The van der Waals surface area contributed by atoms with Gasteiger partial charge in [0, 0.05) is 76.0 Å². The van der Waals surface area contributed by atoms with E-state index in [1.807, 2.05) is 92.6 Å². The van der Waals surface area contributed by atoms with E-state index in [2.05, 4.69) is 41.4 Å². The smallest absolute Gasteiger partial charge is 0.492 e. The van der Waals surface area contributed by atoms with Gasteiger partial charge in [0.2, 0.25) is 16.7 Å². The van der Waals surface area contributed by atoms with Crippen molar-refractivity contribution in [2.75, 3.05) is 58.4 Å². The average molecular weight is 1370 g/mol. The Balaban J connectivity index is 0.000000186. The van der Waals surface area contributed by atoms with Gasteiger partial charge in [-0.25, -0.2) is 50.2 Å². The van der Waals surface area contributed by atoms with Crippen molar-refractivity contribution in [2.24, 2.45) is 23.5 Å². The molecule has 3 amide bonds. The van der Waals surface area contributed by atoms with Gasteiger partial charge in [0.05, 0.1) is 59.2 Å². The zero-order valence-electron chi connectivity index (χ0n) is 57.1. The topological polar surface area (TPSA) is 274 Å². The van der Waals surface area contributed by atoms with Crippen LogP contribution in [0, 0.1) is 35.2 Å². The molecule has 2 unspecified atom stereocenters. The predicted octanol–water partition coefficient (Wildman–Crippen LogP) is 11.2. The van der Waals surface area contributed by atoms with Crippen LogP contribution in [0.4, 0.5) is 50.7 Å². The highest BCUT2D eigenvalue weighted by atomic mass is 19.2. The zero-order chi connectivity index (χ0) is 72.2. The number of fused-ring (bicyclic) bond motifs is 2. The van der Waals surface area contributed by atoms with Gasteiger partial charge in [0.25, 0.3) is 0 Å². The van der Waals surface area contributed by atoms with Gasteiger partial charge >= 0.3 is 37.7 Å². The number of nitrogens with one attached hydrogen (secondary N) is 3. The Kier molecular flexibility index (Phi) is 23.7. The molecule has 10 atom stereocenters. The number of halogens is 7. The predicted molar refractivity (Wildman–Crippen MR) is 350 cm³/mol. The minimum atomic E-state index is -3.48. The van der Waals surface area contributed by atoms with Crippen LogP contribution in [-0.2, 0) is 25.5 Å². The average Bonchev–Trinajstić information content (AvgIpc) is 1.66. The van der Waals surface area contributed by atoms with Gasteiger partial charge in [-0.05, 0) is 111 Å². The number of aromatic carboxylic acids is 1. The molecule has 30 heteroatoms. The molecule has 3 aromatic carbocycles. The summed E-state index contributed by atoms with van der Waals surface area (Å²) < 4.78 is 127. The number of pyridine rings is 2. The number of aromatic nitrogens is 2. The number of likely N-dealkylation sites (tertiary alicyclic amines) is 1. The summed E-state index contributed by atoms with van der Waals surface area (Å²) in [7, 11) is -1.11. The Morgan fingerprint density at radius 2 is 1.21 bits per heavy atom. The summed E-state index contributed by atoms with van der Waals surface area (Å²) in [6.07, 6.45) is 1.15. The lowest BCUT2D eigenvalue weighted by Crippen LogP contribution is -2.53. The van der Waals surface area contributed by atoms with Crippen molar-refractivity contribution in [3.05, 3.63) is 109 Å². The number of ether oxygens (including phenoxy) is 5. The second-order valence-electron chi connectivity index (χ2n) is 27.7. The molecule has 97 heavy (non-hydrogen) atoms. The molecule has 2 saturated carbocycles. The zero-order valence-corrected chi connectivity index (χ0v) is 57.1. The monoisotopic (exact) mass is 1370 g/mol. The second kappa shape index (κ2) is 30.2. The van der Waals surface area contributed by atoms with Gasteiger partial charge in [-0.3, -0.25) is 9.59 Å². The van der Waals surface area contributed by atoms with Gasteiger partial charge in [0.15, 0.2) is 23.1 Å². The number of alkyl carbamates (subject to hydrolysis) is 2. The summed E-state index contributed by atoms with van der Waals surface area (Å²) in [5.74, 6) is -6.47. The van der Waals surface area contributed by atoms with Gasteiger partial charge < -0.3 is 74.1 Å². The summed E-state index contributed by atoms with van der Waals surface area (Å²) in [6, 6.07) is 9.61. The van der Waals surface area contributed by atoms with Crippen LogP contribution in [0.15, 0.2) is 64.4 Å². The number of hydrogen-bond donors (Lipinski definition) is 5. The Bertz CT molecular complexity index is 3850. The third-order valence-corrected chi connectivity index (χ3v) is 17.9. The van der Waals surface area contributed by atoms with Crippen LogP contribution >= 0.6 is 0 Å². The first-order chi connectivity index (χ1) is 45.3. The molecule has 2 aromatic heterocycles. The number of rotatable bonds is 15. The van der Waals surface area contributed by atoms with Gasteiger partial charge in [-0.1, -0.05) is 51.1 Å². The lowest BCUT2D eigenvalue weighted by atomic mass is 9.87. The molecule has 3 aliphatic heterocycles. The lowest BCUT2D eigenvalue weighted by molar-refractivity contribution is 0.0432. The Hall–Kier alpha value is -8.28. The molecule has 2 aliphatic carbocycles. The number of alkyl halides is 2. The maximum atomic E-state index is 15.3. The summed E-state index contributed by atoms with van der Waals surface area (Å²) in [5.41, 5.74) is 1.83. The minimum absolute atomic E-state index is 0.0105. The number of amides is 3. The van der Waals surface area contributed by atoms with Crippen molar-refractivity contribution in [1.29, 1.82) is 0 Å². The quantitative estimate of drug-likeness (QED) is 0.0370. The first kappa shape index (κ1) is 76.1. The molecule has 6 N–H and O–H groups in total. The van der Waals surface area contributed by atoms with E-state index < -0.39 is 123 Å². The highest BCUT2D eigenvalue weighted by Gasteiger charge is 2.48. The fraction of sp³-hybridized carbons (Fsp3) is 0.567. The van der Waals surface area contributed by atoms with Crippen LogP contribution < -0.4 is 46.9 Å². The molecule has 0 spiro atoms. The van der Waals surface area contributed by atoms with Crippen molar-refractivity contribution in [1.82, 2.24) is 30.0 Å². The van der Waals surface area contributed by atoms with Crippen LogP contribution in [0.3, 0.4) is 0 Å². The maximum absolute atomic E-state index is 15.3. The number of nitrogens with two attached hydrogens (primary N) is 1. The largest absolute Gasteiger partial charge is 0.798 e. The number of carboxylic acid groups (broad SMARTS) is 1. The van der Waals surface area contributed by atoms with E-state index in [-0.39, 0.29) is 76.9 Å².